The third-order valence-electron chi connectivity index (χ3n) is 3.03. The Balaban J connectivity index is 2.10. The number of rotatable bonds is 1. The summed E-state index contributed by atoms with van der Waals surface area (Å²) in [5.74, 6) is 0. The van der Waals surface area contributed by atoms with E-state index >= 15 is 0 Å². The van der Waals surface area contributed by atoms with Crippen molar-refractivity contribution in [2.75, 3.05) is 0 Å². The maximum atomic E-state index is 4.39. The Bertz CT molecular complexity index is 840. The van der Waals surface area contributed by atoms with Gasteiger partial charge in [-0.1, -0.05) is 10.7 Å². The van der Waals surface area contributed by atoms with Crippen molar-refractivity contribution in [2.24, 2.45) is 7.05 Å². The molecule has 0 bridgehead atoms. The fourth-order valence-electron chi connectivity index (χ4n) is 2.18. The number of nitrogens with zero attached hydrogens (tertiary/aromatic N) is 5. The van der Waals surface area contributed by atoms with E-state index in [9.17, 15) is 0 Å². The first kappa shape index (κ1) is 9.78. The van der Waals surface area contributed by atoms with Crippen LogP contribution in [0.5, 0.6) is 0 Å². The van der Waals surface area contributed by atoms with Gasteiger partial charge in [0, 0.05) is 10.4 Å². The predicted octanol–water partition coefficient (Wildman–Crippen LogP) is 1.53. The topological polar surface area (TPSA) is 39.2 Å². The number of thiophene rings is 1. The zero-order chi connectivity index (χ0) is 12.1. The third kappa shape index (κ3) is 1.18. The Kier molecular flexibility index (Phi) is 1.84. The minimum absolute atomic E-state index is 0.864. The molecule has 4 aromatic heterocycles. The summed E-state index contributed by atoms with van der Waals surface area (Å²) in [6, 6.07) is 4.18. The van der Waals surface area contributed by atoms with Crippen LogP contribution in [-0.2, 0) is 7.05 Å². The first-order chi connectivity index (χ1) is 8.84. The maximum Gasteiger partial charge on any atom is 0.346 e. The van der Waals surface area contributed by atoms with Crippen LogP contribution in [0.1, 0.15) is 0 Å². The van der Waals surface area contributed by atoms with Crippen LogP contribution in [0.2, 0.25) is 0 Å². The molecule has 0 atom stereocenters. The van der Waals surface area contributed by atoms with Gasteiger partial charge in [-0.05, 0) is 11.4 Å². The van der Waals surface area contributed by atoms with Crippen molar-refractivity contribution in [3.63, 3.8) is 0 Å². The van der Waals surface area contributed by atoms with Gasteiger partial charge in [-0.3, -0.25) is 0 Å². The summed E-state index contributed by atoms with van der Waals surface area (Å²) in [4.78, 5) is 9.98. The fourth-order valence-corrected chi connectivity index (χ4v) is 2.88. The summed E-state index contributed by atoms with van der Waals surface area (Å²) in [5.41, 5.74) is 2.92. The Morgan fingerprint density at radius 1 is 1.28 bits per heavy atom. The molecule has 4 heterocycles. The molecule has 0 aromatic carbocycles. The molecule has 6 heteroatoms. The first-order valence-electron chi connectivity index (χ1n) is 5.58. The molecular formula is C12H10N5S+. The number of hydrogen-bond acceptors (Lipinski definition) is 3. The highest BCUT2D eigenvalue weighted by molar-refractivity contribution is 7.13. The summed E-state index contributed by atoms with van der Waals surface area (Å²) in [6.45, 7) is 0. The van der Waals surface area contributed by atoms with Gasteiger partial charge < -0.3 is 0 Å². The minimum Gasteiger partial charge on any atom is -0.214 e. The van der Waals surface area contributed by atoms with Crippen LogP contribution in [0, 0.1) is 0 Å². The maximum absolute atomic E-state index is 4.39. The highest BCUT2D eigenvalue weighted by Crippen LogP contribution is 2.23. The van der Waals surface area contributed by atoms with E-state index in [1.807, 2.05) is 20.9 Å². The van der Waals surface area contributed by atoms with Gasteiger partial charge in [0.1, 0.15) is 12.4 Å². The van der Waals surface area contributed by atoms with Gasteiger partial charge >= 0.3 is 5.65 Å². The van der Waals surface area contributed by atoms with Crippen molar-refractivity contribution in [1.29, 1.82) is 0 Å². The van der Waals surface area contributed by atoms with Crippen LogP contribution in [0.25, 0.3) is 21.7 Å². The Morgan fingerprint density at radius 3 is 3.00 bits per heavy atom. The van der Waals surface area contributed by atoms with E-state index in [0.29, 0.717) is 0 Å². The van der Waals surface area contributed by atoms with E-state index < -0.39 is 0 Å². The lowest BCUT2D eigenvalue weighted by Crippen LogP contribution is -2.26. The smallest absolute Gasteiger partial charge is 0.214 e. The van der Waals surface area contributed by atoms with E-state index in [-0.39, 0.29) is 0 Å². The van der Waals surface area contributed by atoms with Crippen molar-refractivity contribution < 1.29 is 4.52 Å². The molecule has 0 saturated heterocycles. The average Bonchev–Trinajstić information content (AvgIpc) is 3.09. The first-order valence-corrected chi connectivity index (χ1v) is 6.46. The van der Waals surface area contributed by atoms with Crippen molar-refractivity contribution >= 4 is 22.6 Å². The molecule has 88 valence electrons. The lowest BCUT2D eigenvalue weighted by atomic mass is 10.3. The molecule has 0 aliphatic rings. The normalized spacial score (nSPS) is 11.6. The van der Waals surface area contributed by atoms with E-state index in [4.69, 9.17) is 0 Å². The molecule has 0 N–H and O–H groups in total. The number of aryl methyl sites for hydroxylation is 1. The monoisotopic (exact) mass is 256 g/mol. The van der Waals surface area contributed by atoms with E-state index in [1.54, 1.807) is 23.7 Å². The van der Waals surface area contributed by atoms with Gasteiger partial charge in [0.25, 0.3) is 5.65 Å². The SMILES string of the molecule is Cn1c2nccnc2[n+]2cc(-c3cccs3)cn12. The van der Waals surface area contributed by atoms with Crippen LogP contribution < -0.4 is 4.52 Å². The quantitative estimate of drug-likeness (QED) is 0.485. The molecule has 0 aliphatic heterocycles. The van der Waals surface area contributed by atoms with Crippen LogP contribution in [-0.4, -0.2) is 19.3 Å². The standard InChI is InChI=1S/C12H10N5S/c1-15-11-12(14-5-4-13-11)16-7-9(8-17(15)16)10-3-2-6-18-10/h2-8H,1H3/q+1. The lowest BCUT2D eigenvalue weighted by molar-refractivity contribution is -0.597. The largest absolute Gasteiger partial charge is 0.346 e. The molecule has 0 unspecified atom stereocenters. The van der Waals surface area contributed by atoms with Gasteiger partial charge in [0.05, 0.1) is 19.4 Å². The van der Waals surface area contributed by atoms with Crippen LogP contribution in [0.15, 0.2) is 42.3 Å². The van der Waals surface area contributed by atoms with Crippen molar-refractivity contribution in [2.45, 2.75) is 0 Å². The molecule has 0 amide bonds. The number of aromatic nitrogens is 5. The Labute approximate surface area is 107 Å². The second-order valence-corrected chi connectivity index (χ2v) is 5.03. The summed E-state index contributed by atoms with van der Waals surface area (Å²) in [7, 11) is 1.98. The van der Waals surface area contributed by atoms with Gasteiger partial charge in [0.15, 0.2) is 0 Å². The van der Waals surface area contributed by atoms with Crippen LogP contribution in [0.4, 0.5) is 0 Å². The predicted molar refractivity (Wildman–Crippen MR) is 68.4 cm³/mol. The molecule has 5 nitrogen and oxygen atoms in total. The van der Waals surface area contributed by atoms with Crippen LogP contribution >= 0.6 is 11.3 Å². The van der Waals surface area contributed by atoms with Gasteiger partial charge in [-0.25, -0.2) is 4.98 Å². The van der Waals surface area contributed by atoms with Crippen molar-refractivity contribution in [3.05, 3.63) is 42.3 Å². The highest BCUT2D eigenvalue weighted by atomic mass is 32.1. The average molecular weight is 256 g/mol. The molecule has 0 fully saturated rings. The molecule has 0 aliphatic carbocycles. The van der Waals surface area contributed by atoms with E-state index in [1.165, 1.54) is 10.4 Å². The van der Waals surface area contributed by atoms with E-state index in [0.717, 1.165) is 11.3 Å². The molecule has 4 aromatic rings. The second-order valence-electron chi connectivity index (χ2n) is 4.08. The van der Waals surface area contributed by atoms with Gasteiger partial charge in [0.2, 0.25) is 0 Å². The summed E-state index contributed by atoms with van der Waals surface area (Å²) in [5, 5.41) is 2.08. The lowest BCUT2D eigenvalue weighted by Gasteiger charge is -1.88. The van der Waals surface area contributed by atoms with Gasteiger partial charge in [-0.15, -0.1) is 20.8 Å². The zero-order valence-corrected chi connectivity index (χ0v) is 10.5. The number of hydrogen-bond donors (Lipinski definition) is 0. The fraction of sp³-hybridized carbons (Fsp3) is 0.0833. The Morgan fingerprint density at radius 2 is 2.17 bits per heavy atom. The van der Waals surface area contributed by atoms with Crippen molar-refractivity contribution in [1.82, 2.24) is 19.3 Å². The molecule has 0 spiro atoms. The third-order valence-corrected chi connectivity index (χ3v) is 3.95. The summed E-state index contributed by atoms with van der Waals surface area (Å²) >= 11 is 1.73. The molecule has 4 rings (SSSR count). The second kappa shape index (κ2) is 3.39. The van der Waals surface area contributed by atoms with Crippen molar-refractivity contribution in [3.8, 4) is 10.4 Å². The molecule has 18 heavy (non-hydrogen) atoms. The summed E-state index contributed by atoms with van der Waals surface area (Å²) < 4.78 is 6.01. The molecule has 0 saturated carbocycles. The molecular weight excluding hydrogens is 246 g/mol. The zero-order valence-electron chi connectivity index (χ0n) is 9.69. The summed E-state index contributed by atoms with van der Waals surface area (Å²) in [6.07, 6.45) is 7.60. The number of fused-ring (bicyclic) bond motifs is 3. The molecule has 0 radical (unpaired) electrons. The highest BCUT2D eigenvalue weighted by Gasteiger charge is 2.19. The minimum atomic E-state index is 0.864. The van der Waals surface area contributed by atoms with Crippen LogP contribution in [0.3, 0.4) is 0 Å². The van der Waals surface area contributed by atoms with Gasteiger partial charge in [-0.2, -0.15) is 4.68 Å². The Hall–Kier alpha value is -2.21. The van der Waals surface area contributed by atoms with E-state index in [2.05, 4.69) is 39.9 Å².